The molecule has 0 spiro atoms. The highest BCUT2D eigenvalue weighted by molar-refractivity contribution is 5.79. The lowest BCUT2D eigenvalue weighted by Gasteiger charge is -2.17. The first-order valence-corrected chi connectivity index (χ1v) is 8.04. The maximum absolute atomic E-state index is 12.3. The third kappa shape index (κ3) is 5.88. The Morgan fingerprint density at radius 3 is 2.33 bits per heavy atom. The van der Waals surface area contributed by atoms with Crippen LogP contribution in [0.3, 0.4) is 0 Å². The number of carboxylic acids is 1. The number of carbonyl (C=O) groups excluding carboxylic acids is 1. The molecule has 0 aliphatic rings. The Labute approximate surface area is 142 Å². The largest absolute Gasteiger partial charge is 0.481 e. The molecule has 2 aromatic carbocycles. The number of rotatable bonds is 7. The van der Waals surface area contributed by atoms with Gasteiger partial charge in [-0.25, -0.2) is 0 Å². The van der Waals surface area contributed by atoms with Crippen molar-refractivity contribution in [3.63, 3.8) is 0 Å². The van der Waals surface area contributed by atoms with Crippen LogP contribution in [0.15, 0.2) is 48.5 Å². The van der Waals surface area contributed by atoms with Gasteiger partial charge in [-0.2, -0.15) is 0 Å². The second-order valence-electron chi connectivity index (χ2n) is 6.22. The molecule has 1 amide bonds. The molecule has 126 valence electrons. The van der Waals surface area contributed by atoms with Crippen molar-refractivity contribution in [1.82, 2.24) is 5.32 Å². The first kappa shape index (κ1) is 17.7. The van der Waals surface area contributed by atoms with E-state index in [2.05, 4.69) is 5.32 Å². The summed E-state index contributed by atoms with van der Waals surface area (Å²) in [4.78, 5) is 23.3. The monoisotopic (exact) mass is 325 g/mol. The van der Waals surface area contributed by atoms with Gasteiger partial charge in [0.05, 0.1) is 12.8 Å². The topological polar surface area (TPSA) is 66.4 Å². The van der Waals surface area contributed by atoms with Gasteiger partial charge in [-0.15, -0.1) is 0 Å². The minimum absolute atomic E-state index is 0.0898. The zero-order valence-electron chi connectivity index (χ0n) is 14.1. The third-order valence-corrected chi connectivity index (χ3v) is 3.84. The van der Waals surface area contributed by atoms with Crippen LogP contribution in [0.4, 0.5) is 0 Å². The molecule has 1 atom stereocenters. The van der Waals surface area contributed by atoms with Crippen molar-refractivity contribution in [2.45, 2.75) is 39.2 Å². The molecule has 0 saturated heterocycles. The van der Waals surface area contributed by atoms with Crippen LogP contribution in [0.2, 0.25) is 0 Å². The number of benzene rings is 2. The fourth-order valence-corrected chi connectivity index (χ4v) is 2.68. The average Bonchev–Trinajstić information content (AvgIpc) is 2.48. The number of hydrogen-bond acceptors (Lipinski definition) is 2. The number of nitrogens with one attached hydrogen (secondary N) is 1. The normalized spacial score (nSPS) is 11.8. The van der Waals surface area contributed by atoms with Gasteiger partial charge in [0.1, 0.15) is 0 Å². The van der Waals surface area contributed by atoms with E-state index < -0.39 is 12.0 Å². The van der Waals surface area contributed by atoms with Gasteiger partial charge in [-0.3, -0.25) is 9.59 Å². The average molecular weight is 325 g/mol. The van der Waals surface area contributed by atoms with Crippen LogP contribution in [-0.2, 0) is 22.4 Å². The molecule has 0 heterocycles. The molecule has 24 heavy (non-hydrogen) atoms. The molecule has 4 nitrogen and oxygen atoms in total. The van der Waals surface area contributed by atoms with Gasteiger partial charge in [0, 0.05) is 6.04 Å². The summed E-state index contributed by atoms with van der Waals surface area (Å²) in [5.74, 6) is -1.07. The van der Waals surface area contributed by atoms with Crippen LogP contribution in [0.25, 0.3) is 0 Å². The summed E-state index contributed by atoms with van der Waals surface area (Å²) in [5, 5.41) is 12.0. The molecule has 1 unspecified atom stereocenters. The molecule has 0 aliphatic heterocycles. The van der Waals surface area contributed by atoms with Crippen LogP contribution >= 0.6 is 0 Å². The fourth-order valence-electron chi connectivity index (χ4n) is 2.68. The lowest BCUT2D eigenvalue weighted by atomic mass is 10.0. The predicted molar refractivity (Wildman–Crippen MR) is 93.9 cm³/mol. The molecule has 0 fully saturated rings. The Bertz CT molecular complexity index is 707. The molecule has 0 aromatic heterocycles. The number of carboxylic acid groups (broad SMARTS) is 1. The number of hydrogen-bond donors (Lipinski definition) is 2. The van der Waals surface area contributed by atoms with Crippen molar-refractivity contribution < 1.29 is 14.7 Å². The zero-order valence-corrected chi connectivity index (χ0v) is 14.1. The molecule has 0 saturated carbocycles. The number of amides is 1. The van der Waals surface area contributed by atoms with E-state index in [1.807, 2.05) is 62.4 Å². The summed E-state index contributed by atoms with van der Waals surface area (Å²) in [6, 6.07) is 15.3. The van der Waals surface area contributed by atoms with E-state index >= 15 is 0 Å². The summed E-state index contributed by atoms with van der Waals surface area (Å²) in [6.45, 7) is 3.98. The molecular weight excluding hydrogens is 302 g/mol. The molecule has 4 heteroatoms. The van der Waals surface area contributed by atoms with Gasteiger partial charge < -0.3 is 10.4 Å². The van der Waals surface area contributed by atoms with Gasteiger partial charge in [-0.05, 0) is 31.4 Å². The lowest BCUT2D eigenvalue weighted by molar-refractivity contribution is -0.137. The summed E-state index contributed by atoms with van der Waals surface area (Å²) >= 11 is 0. The maximum atomic E-state index is 12.3. The van der Waals surface area contributed by atoms with Crippen LogP contribution in [0.5, 0.6) is 0 Å². The van der Waals surface area contributed by atoms with Gasteiger partial charge in [-0.1, -0.05) is 59.7 Å². The number of aryl methyl sites for hydroxylation is 2. The number of carbonyl (C=O) groups is 2. The highest BCUT2D eigenvalue weighted by Gasteiger charge is 2.17. The Kier molecular flexibility index (Phi) is 6.13. The summed E-state index contributed by atoms with van der Waals surface area (Å²) in [7, 11) is 0. The first-order valence-electron chi connectivity index (χ1n) is 8.04. The quantitative estimate of drug-likeness (QED) is 0.822. The van der Waals surface area contributed by atoms with E-state index in [1.165, 1.54) is 0 Å². The molecule has 0 radical (unpaired) electrons. The summed E-state index contributed by atoms with van der Waals surface area (Å²) < 4.78 is 0. The number of aliphatic carboxylic acids is 1. The highest BCUT2D eigenvalue weighted by Crippen LogP contribution is 2.10. The Morgan fingerprint density at radius 2 is 1.71 bits per heavy atom. The SMILES string of the molecule is Cc1ccc(CC(CC(=O)O)NC(=O)Cc2cccc(C)c2)cc1. The van der Waals surface area contributed by atoms with Crippen molar-refractivity contribution in [2.24, 2.45) is 0 Å². The van der Waals surface area contributed by atoms with Crippen LogP contribution in [0.1, 0.15) is 28.7 Å². The minimum atomic E-state index is -0.914. The highest BCUT2D eigenvalue weighted by atomic mass is 16.4. The van der Waals surface area contributed by atoms with E-state index in [0.29, 0.717) is 6.42 Å². The van der Waals surface area contributed by atoms with E-state index in [9.17, 15) is 9.59 Å². The third-order valence-electron chi connectivity index (χ3n) is 3.84. The Hall–Kier alpha value is -2.62. The molecular formula is C20H23NO3. The van der Waals surface area contributed by atoms with E-state index in [1.54, 1.807) is 0 Å². The van der Waals surface area contributed by atoms with Crippen molar-refractivity contribution in [2.75, 3.05) is 0 Å². The predicted octanol–water partition coefficient (Wildman–Crippen LogP) is 3.05. The standard InChI is InChI=1S/C20H23NO3/c1-14-6-8-16(9-7-14)11-18(13-20(23)24)21-19(22)12-17-5-3-4-15(2)10-17/h3-10,18H,11-13H2,1-2H3,(H,21,22)(H,23,24). The smallest absolute Gasteiger partial charge is 0.305 e. The molecule has 2 aromatic rings. The van der Waals surface area contributed by atoms with Crippen molar-refractivity contribution in [3.8, 4) is 0 Å². The second-order valence-corrected chi connectivity index (χ2v) is 6.22. The van der Waals surface area contributed by atoms with Crippen molar-refractivity contribution in [1.29, 1.82) is 0 Å². The molecule has 2 rings (SSSR count). The van der Waals surface area contributed by atoms with Gasteiger partial charge in [0.15, 0.2) is 0 Å². The second kappa shape index (κ2) is 8.29. The Balaban J connectivity index is 2.00. The lowest BCUT2D eigenvalue weighted by Crippen LogP contribution is -2.39. The fraction of sp³-hybridized carbons (Fsp3) is 0.300. The summed E-state index contributed by atoms with van der Waals surface area (Å²) in [6.07, 6.45) is 0.672. The zero-order chi connectivity index (χ0) is 17.5. The molecule has 0 aliphatic carbocycles. The van der Waals surface area contributed by atoms with E-state index in [0.717, 1.165) is 22.3 Å². The van der Waals surface area contributed by atoms with Crippen LogP contribution < -0.4 is 5.32 Å². The Morgan fingerprint density at radius 1 is 1.00 bits per heavy atom. The van der Waals surface area contributed by atoms with Crippen LogP contribution in [-0.4, -0.2) is 23.0 Å². The maximum Gasteiger partial charge on any atom is 0.305 e. The van der Waals surface area contributed by atoms with E-state index in [-0.39, 0.29) is 18.7 Å². The molecule has 2 N–H and O–H groups in total. The minimum Gasteiger partial charge on any atom is -0.481 e. The van der Waals surface area contributed by atoms with Gasteiger partial charge in [0.25, 0.3) is 0 Å². The van der Waals surface area contributed by atoms with Crippen LogP contribution in [0, 0.1) is 13.8 Å². The molecule has 0 bridgehead atoms. The van der Waals surface area contributed by atoms with Gasteiger partial charge >= 0.3 is 5.97 Å². The van der Waals surface area contributed by atoms with E-state index in [4.69, 9.17) is 5.11 Å². The summed E-state index contributed by atoms with van der Waals surface area (Å²) in [5.41, 5.74) is 4.19. The van der Waals surface area contributed by atoms with Crippen molar-refractivity contribution >= 4 is 11.9 Å². The van der Waals surface area contributed by atoms with Gasteiger partial charge in [0.2, 0.25) is 5.91 Å². The first-order chi connectivity index (χ1) is 11.4. The van der Waals surface area contributed by atoms with Crippen molar-refractivity contribution in [3.05, 3.63) is 70.8 Å².